The molecule has 0 aromatic carbocycles. The first-order valence-electron chi connectivity index (χ1n) is 6.64. The van der Waals surface area contributed by atoms with Crippen LogP contribution in [0, 0.1) is 0 Å². The number of aromatic nitrogens is 2. The summed E-state index contributed by atoms with van der Waals surface area (Å²) in [6.07, 6.45) is 3.96. The number of thiophene rings is 1. The highest BCUT2D eigenvalue weighted by atomic mass is 32.1. The van der Waals surface area contributed by atoms with Gasteiger partial charge in [0.1, 0.15) is 10.7 Å². The number of imidazole rings is 1. The topological polar surface area (TPSA) is 73.2 Å². The maximum absolute atomic E-state index is 12.1. The summed E-state index contributed by atoms with van der Waals surface area (Å²) in [5, 5.41) is 3.24. The summed E-state index contributed by atoms with van der Waals surface area (Å²) in [7, 11) is 1.79. The van der Waals surface area contributed by atoms with Gasteiger partial charge in [0.25, 0.3) is 5.91 Å². The van der Waals surface area contributed by atoms with Crippen LogP contribution >= 0.6 is 11.3 Å². The number of nitrogens with one attached hydrogen (secondary N) is 1. The highest BCUT2D eigenvalue weighted by molar-refractivity contribution is 7.16. The minimum absolute atomic E-state index is 0.295. The van der Waals surface area contributed by atoms with Gasteiger partial charge in [-0.3, -0.25) is 4.79 Å². The molecule has 0 bridgehead atoms. The van der Waals surface area contributed by atoms with Gasteiger partial charge in [0, 0.05) is 18.1 Å². The van der Waals surface area contributed by atoms with Crippen molar-refractivity contribution in [2.75, 3.05) is 11.9 Å². The zero-order valence-corrected chi connectivity index (χ0v) is 13.0. The van der Waals surface area contributed by atoms with Crippen LogP contribution in [-0.2, 0) is 18.2 Å². The van der Waals surface area contributed by atoms with Gasteiger partial charge in [0.15, 0.2) is 0 Å². The predicted octanol–water partition coefficient (Wildman–Crippen LogP) is 2.47. The molecule has 112 valence electrons. The van der Waals surface area contributed by atoms with E-state index in [1.54, 1.807) is 37.1 Å². The summed E-state index contributed by atoms with van der Waals surface area (Å²) in [6.45, 7) is 4.03. The lowest BCUT2D eigenvalue weighted by molar-refractivity contribution is 0.0528. The van der Waals surface area contributed by atoms with Gasteiger partial charge in [-0.1, -0.05) is 6.92 Å². The van der Waals surface area contributed by atoms with Gasteiger partial charge in [0.05, 0.1) is 18.5 Å². The van der Waals surface area contributed by atoms with E-state index < -0.39 is 5.97 Å². The zero-order chi connectivity index (χ0) is 15.4. The lowest BCUT2D eigenvalue weighted by atomic mass is 10.2. The zero-order valence-electron chi connectivity index (χ0n) is 12.2. The standard InChI is InChI=1S/C14H17N3O3S/c1-4-9-6-10(14(19)20-5-2)13(21-9)16-12(18)11-7-17(3)8-15-11/h6-8H,4-5H2,1-3H3,(H,16,18). The Hall–Kier alpha value is -2.15. The Morgan fingerprint density at radius 1 is 1.43 bits per heavy atom. The lowest BCUT2D eigenvalue weighted by Gasteiger charge is -2.04. The molecule has 0 aliphatic rings. The SMILES string of the molecule is CCOC(=O)c1cc(CC)sc1NC(=O)c1cn(C)cn1. The third kappa shape index (κ3) is 3.49. The van der Waals surface area contributed by atoms with E-state index >= 15 is 0 Å². The predicted molar refractivity (Wildman–Crippen MR) is 80.8 cm³/mol. The molecule has 0 aliphatic carbocycles. The molecule has 0 radical (unpaired) electrons. The molecule has 0 unspecified atom stereocenters. The number of ether oxygens (including phenoxy) is 1. The van der Waals surface area contributed by atoms with E-state index in [-0.39, 0.29) is 5.91 Å². The normalized spacial score (nSPS) is 10.4. The first-order valence-corrected chi connectivity index (χ1v) is 7.46. The van der Waals surface area contributed by atoms with Crippen LogP contribution in [-0.4, -0.2) is 28.0 Å². The Bertz CT molecular complexity index is 660. The third-order valence-electron chi connectivity index (χ3n) is 2.79. The van der Waals surface area contributed by atoms with Crippen LogP contribution in [0.25, 0.3) is 0 Å². The molecule has 0 fully saturated rings. The van der Waals surface area contributed by atoms with Crippen molar-refractivity contribution in [3.05, 3.63) is 34.7 Å². The van der Waals surface area contributed by atoms with Crippen LogP contribution in [0.1, 0.15) is 39.6 Å². The van der Waals surface area contributed by atoms with Gasteiger partial charge in [-0.2, -0.15) is 0 Å². The minimum atomic E-state index is -0.426. The highest BCUT2D eigenvalue weighted by Crippen LogP contribution is 2.29. The van der Waals surface area contributed by atoms with E-state index in [0.717, 1.165) is 11.3 Å². The maximum atomic E-state index is 12.1. The summed E-state index contributed by atoms with van der Waals surface area (Å²) in [6, 6.07) is 1.76. The molecule has 2 heterocycles. The first-order chi connectivity index (χ1) is 10.0. The number of amides is 1. The quantitative estimate of drug-likeness (QED) is 0.861. The van der Waals surface area contributed by atoms with Crippen LogP contribution in [0.5, 0.6) is 0 Å². The largest absolute Gasteiger partial charge is 0.462 e. The average Bonchev–Trinajstić information content (AvgIpc) is 3.05. The molecule has 0 aliphatic heterocycles. The summed E-state index contributed by atoms with van der Waals surface area (Å²) < 4.78 is 6.70. The molecule has 2 aromatic heterocycles. The second-order valence-corrected chi connectivity index (χ2v) is 5.54. The van der Waals surface area contributed by atoms with Gasteiger partial charge in [-0.15, -0.1) is 11.3 Å². The van der Waals surface area contributed by atoms with Gasteiger partial charge < -0.3 is 14.6 Å². The average molecular weight is 307 g/mol. The smallest absolute Gasteiger partial charge is 0.341 e. The van der Waals surface area contributed by atoms with Gasteiger partial charge in [0.2, 0.25) is 0 Å². The fourth-order valence-corrected chi connectivity index (χ4v) is 2.75. The Kier molecular flexibility index (Phi) is 4.74. The Morgan fingerprint density at radius 3 is 2.76 bits per heavy atom. The molecule has 2 rings (SSSR count). The molecule has 6 nitrogen and oxygen atoms in total. The van der Waals surface area contributed by atoms with Crippen molar-refractivity contribution in [1.82, 2.24) is 9.55 Å². The molecule has 1 N–H and O–H groups in total. The molecule has 0 atom stereocenters. The van der Waals surface area contributed by atoms with Crippen LogP contribution in [0.2, 0.25) is 0 Å². The Labute approximate surface area is 126 Å². The maximum Gasteiger partial charge on any atom is 0.341 e. The number of aryl methyl sites for hydroxylation is 2. The number of hydrogen-bond donors (Lipinski definition) is 1. The molecule has 0 saturated carbocycles. The van der Waals surface area contributed by atoms with Crippen molar-refractivity contribution in [1.29, 1.82) is 0 Å². The van der Waals surface area contributed by atoms with E-state index in [0.29, 0.717) is 22.9 Å². The second-order valence-electron chi connectivity index (χ2n) is 4.41. The van der Waals surface area contributed by atoms with Crippen molar-refractivity contribution < 1.29 is 14.3 Å². The number of esters is 1. The van der Waals surface area contributed by atoms with E-state index in [4.69, 9.17) is 4.74 Å². The van der Waals surface area contributed by atoms with Crippen molar-refractivity contribution >= 4 is 28.2 Å². The first kappa shape index (κ1) is 15.2. The number of carbonyl (C=O) groups is 2. The molecule has 1 amide bonds. The van der Waals surface area contributed by atoms with Crippen molar-refractivity contribution in [3.8, 4) is 0 Å². The summed E-state index contributed by atoms with van der Waals surface area (Å²) >= 11 is 1.38. The van der Waals surface area contributed by atoms with Crippen molar-refractivity contribution in [2.24, 2.45) is 7.05 Å². The minimum Gasteiger partial charge on any atom is -0.462 e. The van der Waals surface area contributed by atoms with Crippen molar-refractivity contribution in [2.45, 2.75) is 20.3 Å². The van der Waals surface area contributed by atoms with E-state index in [1.165, 1.54) is 11.3 Å². The fraction of sp³-hybridized carbons (Fsp3) is 0.357. The number of nitrogens with zero attached hydrogens (tertiary/aromatic N) is 2. The molecule has 21 heavy (non-hydrogen) atoms. The van der Waals surface area contributed by atoms with Crippen LogP contribution in [0.15, 0.2) is 18.6 Å². The molecule has 0 spiro atoms. The Morgan fingerprint density at radius 2 is 2.19 bits per heavy atom. The van der Waals surface area contributed by atoms with Crippen LogP contribution in [0.4, 0.5) is 5.00 Å². The summed E-state index contributed by atoms with van der Waals surface area (Å²) in [4.78, 5) is 29.1. The number of hydrogen-bond acceptors (Lipinski definition) is 5. The lowest BCUT2D eigenvalue weighted by Crippen LogP contribution is -2.14. The third-order valence-corrected chi connectivity index (χ3v) is 3.99. The number of anilines is 1. The summed E-state index contributed by atoms with van der Waals surface area (Å²) in [5.41, 5.74) is 0.696. The Balaban J connectivity index is 2.24. The van der Waals surface area contributed by atoms with Crippen LogP contribution in [0.3, 0.4) is 0 Å². The molecular weight excluding hydrogens is 290 g/mol. The number of rotatable bonds is 5. The number of carbonyl (C=O) groups excluding carboxylic acids is 2. The molecule has 2 aromatic rings. The summed E-state index contributed by atoms with van der Waals surface area (Å²) in [5.74, 6) is -0.768. The van der Waals surface area contributed by atoms with Crippen molar-refractivity contribution in [3.63, 3.8) is 0 Å². The van der Waals surface area contributed by atoms with Gasteiger partial charge >= 0.3 is 5.97 Å². The molecular formula is C14H17N3O3S. The van der Waals surface area contributed by atoms with Gasteiger partial charge in [-0.25, -0.2) is 9.78 Å². The molecule has 7 heteroatoms. The molecule has 0 saturated heterocycles. The highest BCUT2D eigenvalue weighted by Gasteiger charge is 2.19. The van der Waals surface area contributed by atoms with E-state index in [9.17, 15) is 9.59 Å². The monoisotopic (exact) mass is 307 g/mol. The van der Waals surface area contributed by atoms with E-state index in [2.05, 4.69) is 10.3 Å². The fourth-order valence-electron chi connectivity index (χ4n) is 1.77. The van der Waals surface area contributed by atoms with E-state index in [1.807, 2.05) is 6.92 Å². The van der Waals surface area contributed by atoms with Gasteiger partial charge in [-0.05, 0) is 19.4 Å². The van der Waals surface area contributed by atoms with Crippen LogP contribution < -0.4 is 5.32 Å². The second kappa shape index (κ2) is 6.53.